The second kappa shape index (κ2) is 8.45. The predicted molar refractivity (Wildman–Crippen MR) is 129 cm³/mol. The number of thiophene rings is 1. The van der Waals surface area contributed by atoms with Gasteiger partial charge in [-0.05, 0) is 93.1 Å². The largest absolute Gasteiger partial charge is 0.493 e. The van der Waals surface area contributed by atoms with Crippen LogP contribution in [0.4, 0.5) is 4.79 Å². The van der Waals surface area contributed by atoms with Gasteiger partial charge in [0.15, 0.2) is 11.5 Å². The predicted octanol–water partition coefficient (Wildman–Crippen LogP) is 5.61. The number of rotatable bonds is 4. The number of hydrogen-bond acceptors (Lipinski definition) is 5. The summed E-state index contributed by atoms with van der Waals surface area (Å²) >= 11 is 1.66. The number of amides is 2. The summed E-state index contributed by atoms with van der Waals surface area (Å²) in [6, 6.07) is 6.17. The van der Waals surface area contributed by atoms with E-state index in [1.807, 2.05) is 41.7 Å². The lowest BCUT2D eigenvalue weighted by atomic mass is 9.84. The first-order chi connectivity index (χ1) is 15.1. The van der Waals surface area contributed by atoms with Gasteiger partial charge in [0.2, 0.25) is 0 Å². The van der Waals surface area contributed by atoms with E-state index in [-0.39, 0.29) is 23.7 Å². The molecule has 4 rings (SSSR count). The maximum Gasteiger partial charge on any atom is 0.339 e. The number of urea groups is 1. The van der Waals surface area contributed by atoms with Crippen LogP contribution in [0.15, 0.2) is 34.7 Å². The van der Waals surface area contributed by atoms with Gasteiger partial charge in [-0.1, -0.05) is 0 Å². The zero-order chi connectivity index (χ0) is 23.2. The molecule has 1 atom stereocenters. The molecule has 1 aliphatic heterocycles. The van der Waals surface area contributed by atoms with Crippen LogP contribution in [0.3, 0.4) is 0 Å². The molecule has 0 bridgehead atoms. The third-order valence-corrected chi connectivity index (χ3v) is 6.86. The SMILES string of the molecule is COc1cc2c(cc1OC(C)C)C1=C(CC2)N(C(=O)N(C)C(C)(C)C)NC1c1ccsc1. The van der Waals surface area contributed by atoms with Crippen molar-refractivity contribution >= 4 is 22.9 Å². The quantitative estimate of drug-likeness (QED) is 0.651. The summed E-state index contributed by atoms with van der Waals surface area (Å²) in [6.07, 6.45) is 1.66. The molecular formula is C25H33N3O3S. The summed E-state index contributed by atoms with van der Waals surface area (Å²) in [7, 11) is 3.54. The van der Waals surface area contributed by atoms with Crippen molar-refractivity contribution in [3.8, 4) is 11.5 Å². The van der Waals surface area contributed by atoms with Crippen LogP contribution in [-0.4, -0.2) is 41.7 Å². The fraction of sp³-hybridized carbons (Fsp3) is 0.480. The maximum absolute atomic E-state index is 13.5. The molecule has 2 amide bonds. The Morgan fingerprint density at radius 1 is 1.25 bits per heavy atom. The summed E-state index contributed by atoms with van der Waals surface area (Å²) in [5.41, 5.74) is 8.93. The van der Waals surface area contributed by atoms with Gasteiger partial charge >= 0.3 is 6.03 Å². The van der Waals surface area contributed by atoms with Crippen molar-refractivity contribution in [1.29, 1.82) is 0 Å². The van der Waals surface area contributed by atoms with Crippen LogP contribution in [-0.2, 0) is 6.42 Å². The number of allylic oxidation sites excluding steroid dienone is 1. The van der Waals surface area contributed by atoms with Crippen molar-refractivity contribution in [3.63, 3.8) is 0 Å². The highest BCUT2D eigenvalue weighted by molar-refractivity contribution is 7.08. The van der Waals surface area contributed by atoms with Crippen molar-refractivity contribution in [1.82, 2.24) is 15.3 Å². The Balaban J connectivity index is 1.84. The third-order valence-electron chi connectivity index (χ3n) is 6.16. The fourth-order valence-corrected chi connectivity index (χ4v) is 4.91. The Morgan fingerprint density at radius 2 is 2.00 bits per heavy atom. The van der Waals surface area contributed by atoms with E-state index in [1.54, 1.807) is 28.4 Å². The Kier molecular flexibility index (Phi) is 5.98. The van der Waals surface area contributed by atoms with Gasteiger partial charge in [-0.15, -0.1) is 0 Å². The standard InChI is InChI=1S/C25H33N3O3S/c1-15(2)31-21-13-18-16(12-20(21)30-7)8-9-19-22(18)23(17-10-11-32-14-17)26-28(19)24(29)27(6)25(3,4)5/h10-15,23,26H,8-9H2,1-7H3. The second-order valence-corrected chi connectivity index (χ2v) is 10.4. The van der Waals surface area contributed by atoms with Crippen molar-refractivity contribution in [2.45, 2.75) is 65.1 Å². The lowest BCUT2D eigenvalue weighted by Crippen LogP contribution is -2.52. The Labute approximate surface area is 194 Å². The molecule has 0 radical (unpaired) electrons. The minimum atomic E-state index is -0.280. The van der Waals surface area contributed by atoms with Gasteiger partial charge < -0.3 is 14.4 Å². The topological polar surface area (TPSA) is 54.0 Å². The van der Waals surface area contributed by atoms with Crippen molar-refractivity contribution in [2.24, 2.45) is 0 Å². The number of carbonyl (C=O) groups excluding carboxylic acids is 1. The van der Waals surface area contributed by atoms with E-state index in [0.717, 1.165) is 46.7 Å². The van der Waals surface area contributed by atoms with E-state index in [9.17, 15) is 4.79 Å². The van der Waals surface area contributed by atoms with Crippen LogP contribution in [0.5, 0.6) is 11.5 Å². The lowest BCUT2D eigenvalue weighted by molar-refractivity contribution is 0.122. The van der Waals surface area contributed by atoms with Gasteiger partial charge in [0.25, 0.3) is 0 Å². The molecule has 1 unspecified atom stereocenters. The number of aryl methyl sites for hydroxylation is 1. The van der Waals surface area contributed by atoms with Crippen molar-refractivity contribution in [3.05, 3.63) is 51.3 Å². The number of hydrazine groups is 1. The number of fused-ring (bicyclic) bond motifs is 2. The van der Waals surface area contributed by atoms with E-state index in [4.69, 9.17) is 9.47 Å². The van der Waals surface area contributed by atoms with Crippen molar-refractivity contribution < 1.29 is 14.3 Å². The van der Waals surface area contributed by atoms with E-state index in [0.29, 0.717) is 0 Å². The first kappa shape index (κ1) is 22.7. The first-order valence-electron chi connectivity index (χ1n) is 11.1. The molecule has 1 aliphatic carbocycles. The van der Waals surface area contributed by atoms with Gasteiger partial charge in [0.1, 0.15) is 0 Å². The zero-order valence-electron chi connectivity index (χ0n) is 20.0. The molecule has 2 heterocycles. The summed E-state index contributed by atoms with van der Waals surface area (Å²) in [5.74, 6) is 1.48. The number of hydrogen-bond donors (Lipinski definition) is 1. The smallest absolute Gasteiger partial charge is 0.339 e. The minimum absolute atomic E-state index is 0.0341. The molecule has 0 fully saturated rings. The zero-order valence-corrected chi connectivity index (χ0v) is 20.8. The number of benzene rings is 1. The lowest BCUT2D eigenvalue weighted by Gasteiger charge is -2.36. The molecule has 0 saturated carbocycles. The normalized spacial score (nSPS) is 18.0. The third kappa shape index (κ3) is 3.99. The molecule has 172 valence electrons. The van der Waals surface area contributed by atoms with E-state index < -0.39 is 0 Å². The van der Waals surface area contributed by atoms with Gasteiger partial charge in [0, 0.05) is 23.9 Å². The van der Waals surface area contributed by atoms with Crippen LogP contribution < -0.4 is 14.9 Å². The Morgan fingerprint density at radius 3 is 2.59 bits per heavy atom. The minimum Gasteiger partial charge on any atom is -0.493 e. The highest BCUT2D eigenvalue weighted by atomic mass is 32.1. The summed E-state index contributed by atoms with van der Waals surface area (Å²) < 4.78 is 11.7. The summed E-state index contributed by atoms with van der Waals surface area (Å²) in [4.78, 5) is 15.3. The van der Waals surface area contributed by atoms with Crippen LogP contribution in [0.25, 0.3) is 5.57 Å². The molecule has 2 aliphatic rings. The molecule has 0 saturated heterocycles. The molecule has 6 nitrogen and oxygen atoms in total. The number of nitrogens with one attached hydrogen (secondary N) is 1. The maximum atomic E-state index is 13.5. The second-order valence-electron chi connectivity index (χ2n) is 9.65. The van der Waals surface area contributed by atoms with Crippen LogP contribution >= 0.6 is 11.3 Å². The molecule has 32 heavy (non-hydrogen) atoms. The van der Waals surface area contributed by atoms with Crippen LogP contribution in [0.1, 0.15) is 63.8 Å². The van der Waals surface area contributed by atoms with Crippen LogP contribution in [0, 0.1) is 0 Å². The fourth-order valence-electron chi connectivity index (χ4n) is 4.22. The molecular weight excluding hydrogens is 422 g/mol. The first-order valence-corrected chi connectivity index (χ1v) is 12.0. The molecule has 0 spiro atoms. The number of carbonyl (C=O) groups is 1. The van der Waals surface area contributed by atoms with E-state index >= 15 is 0 Å². The highest BCUT2D eigenvalue weighted by Gasteiger charge is 2.41. The highest BCUT2D eigenvalue weighted by Crippen LogP contribution is 2.48. The average Bonchev–Trinajstić information content (AvgIpc) is 3.38. The van der Waals surface area contributed by atoms with E-state index in [1.165, 1.54) is 5.56 Å². The Bertz CT molecular complexity index is 1040. The number of methoxy groups -OCH3 is 1. The summed E-state index contributed by atoms with van der Waals surface area (Å²) in [5, 5.41) is 5.99. The van der Waals surface area contributed by atoms with Crippen molar-refractivity contribution in [2.75, 3.05) is 14.2 Å². The number of ether oxygens (including phenoxy) is 2. The van der Waals surface area contributed by atoms with E-state index in [2.05, 4.69) is 34.4 Å². The molecule has 1 aromatic heterocycles. The summed E-state index contributed by atoms with van der Waals surface area (Å²) in [6.45, 7) is 10.2. The average molecular weight is 456 g/mol. The van der Waals surface area contributed by atoms with Gasteiger partial charge in [-0.2, -0.15) is 11.3 Å². The molecule has 1 N–H and O–H groups in total. The van der Waals surface area contributed by atoms with Gasteiger partial charge in [-0.25, -0.2) is 15.2 Å². The molecule has 1 aromatic carbocycles. The van der Waals surface area contributed by atoms with Gasteiger partial charge in [-0.3, -0.25) is 0 Å². The molecule has 7 heteroatoms. The Hall–Kier alpha value is -2.51. The van der Waals surface area contributed by atoms with Gasteiger partial charge in [0.05, 0.1) is 19.3 Å². The monoisotopic (exact) mass is 455 g/mol. The van der Waals surface area contributed by atoms with Crippen LogP contribution in [0.2, 0.25) is 0 Å². The molecule has 2 aromatic rings. The number of nitrogens with zero attached hydrogens (tertiary/aromatic N) is 2.